The standard InChI is InChI=1S/C59H42N2/c1-41-25-31-51(32-26-41)61(50-23-9-4-10-24-50)53-34-36-55-57(40-53)59(47-30-28-43-16-12-14-18-45(43)38-47)54-35-33-52(60(48-19-5-2-6-20-48)49-21-7-3-8-22-49)39-56(54)58(55)46-29-27-42-15-11-13-17-44(42)37-46/h2-40H,1H3. The molecule has 0 saturated carbocycles. The van der Waals surface area contributed by atoms with E-state index in [-0.39, 0.29) is 0 Å². The van der Waals surface area contributed by atoms with E-state index < -0.39 is 0 Å². The summed E-state index contributed by atoms with van der Waals surface area (Å²) in [6, 6.07) is 86.4. The quantitative estimate of drug-likeness (QED) is 0.142. The lowest BCUT2D eigenvalue weighted by atomic mass is 9.84. The van der Waals surface area contributed by atoms with Crippen LogP contribution in [0, 0.1) is 6.92 Å². The maximum atomic E-state index is 2.42. The minimum Gasteiger partial charge on any atom is -0.310 e. The molecule has 0 amide bonds. The molecule has 0 atom stereocenters. The molecule has 11 rings (SSSR count). The van der Waals surface area contributed by atoms with E-state index in [1.165, 1.54) is 70.9 Å². The zero-order chi connectivity index (χ0) is 40.7. The molecule has 11 aromatic carbocycles. The van der Waals surface area contributed by atoms with Crippen molar-refractivity contribution in [1.82, 2.24) is 0 Å². The Morgan fingerprint density at radius 1 is 0.246 bits per heavy atom. The van der Waals surface area contributed by atoms with Gasteiger partial charge in [0.15, 0.2) is 0 Å². The fraction of sp³-hybridized carbons (Fsp3) is 0.0169. The molecular formula is C59H42N2. The van der Waals surface area contributed by atoms with E-state index in [2.05, 4.69) is 253 Å². The molecular weight excluding hydrogens is 737 g/mol. The Morgan fingerprint density at radius 3 is 1.00 bits per heavy atom. The molecule has 0 spiro atoms. The molecule has 0 N–H and O–H groups in total. The maximum absolute atomic E-state index is 2.42. The summed E-state index contributed by atoms with van der Waals surface area (Å²) in [7, 11) is 0. The van der Waals surface area contributed by atoms with Crippen molar-refractivity contribution < 1.29 is 0 Å². The summed E-state index contributed by atoms with van der Waals surface area (Å²) >= 11 is 0. The van der Waals surface area contributed by atoms with Gasteiger partial charge in [-0.25, -0.2) is 0 Å². The highest BCUT2D eigenvalue weighted by atomic mass is 15.1. The molecule has 0 radical (unpaired) electrons. The van der Waals surface area contributed by atoms with Crippen LogP contribution in [0.25, 0.3) is 65.3 Å². The lowest BCUT2D eigenvalue weighted by molar-refractivity contribution is 1.28. The van der Waals surface area contributed by atoms with Gasteiger partial charge in [0, 0.05) is 34.1 Å². The largest absolute Gasteiger partial charge is 0.310 e. The number of nitrogens with zero attached hydrogens (tertiary/aromatic N) is 2. The number of rotatable bonds is 8. The van der Waals surface area contributed by atoms with Crippen LogP contribution in [0.1, 0.15) is 5.56 Å². The maximum Gasteiger partial charge on any atom is 0.0468 e. The van der Waals surface area contributed by atoms with Crippen LogP contribution in [0.4, 0.5) is 34.1 Å². The molecule has 0 aromatic heterocycles. The highest BCUT2D eigenvalue weighted by molar-refractivity contribution is 6.23. The first-order valence-corrected chi connectivity index (χ1v) is 21.0. The van der Waals surface area contributed by atoms with Crippen molar-refractivity contribution in [2.24, 2.45) is 0 Å². The average molecular weight is 779 g/mol. The van der Waals surface area contributed by atoms with E-state index in [1.807, 2.05) is 0 Å². The summed E-state index contributed by atoms with van der Waals surface area (Å²) in [4.78, 5) is 4.75. The Bertz CT molecular complexity index is 3320. The predicted octanol–water partition coefficient (Wildman–Crippen LogP) is 16.9. The molecule has 0 aliphatic rings. The summed E-state index contributed by atoms with van der Waals surface area (Å²) < 4.78 is 0. The van der Waals surface area contributed by atoms with E-state index in [9.17, 15) is 0 Å². The molecule has 2 nitrogen and oxygen atoms in total. The molecule has 0 heterocycles. The van der Waals surface area contributed by atoms with E-state index >= 15 is 0 Å². The van der Waals surface area contributed by atoms with Gasteiger partial charge >= 0.3 is 0 Å². The molecule has 0 aliphatic heterocycles. The number of hydrogen-bond donors (Lipinski definition) is 0. The number of anilines is 6. The van der Waals surface area contributed by atoms with E-state index in [0.717, 1.165) is 34.1 Å². The molecule has 0 bridgehead atoms. The Kier molecular flexibility index (Phi) is 9.09. The van der Waals surface area contributed by atoms with Crippen LogP contribution < -0.4 is 9.80 Å². The minimum atomic E-state index is 1.10. The third-order valence-corrected chi connectivity index (χ3v) is 12.0. The Hall–Kier alpha value is -7.94. The number of para-hydroxylation sites is 3. The van der Waals surface area contributed by atoms with Crippen molar-refractivity contribution >= 4 is 77.2 Å². The summed E-state index contributed by atoms with van der Waals surface area (Å²) in [6.45, 7) is 2.15. The average Bonchev–Trinajstić information content (AvgIpc) is 3.32. The monoisotopic (exact) mass is 778 g/mol. The van der Waals surface area contributed by atoms with Crippen molar-refractivity contribution in [1.29, 1.82) is 0 Å². The van der Waals surface area contributed by atoms with Crippen molar-refractivity contribution in [2.45, 2.75) is 6.92 Å². The number of fused-ring (bicyclic) bond motifs is 4. The molecule has 2 heteroatoms. The van der Waals surface area contributed by atoms with Crippen molar-refractivity contribution in [2.75, 3.05) is 9.80 Å². The van der Waals surface area contributed by atoms with Crippen LogP contribution in [0.15, 0.2) is 237 Å². The second kappa shape index (κ2) is 15.3. The third-order valence-electron chi connectivity index (χ3n) is 12.0. The fourth-order valence-electron chi connectivity index (χ4n) is 9.11. The number of hydrogen-bond acceptors (Lipinski definition) is 2. The van der Waals surface area contributed by atoms with Crippen molar-refractivity contribution in [3.8, 4) is 22.3 Å². The molecule has 61 heavy (non-hydrogen) atoms. The van der Waals surface area contributed by atoms with Crippen LogP contribution in [-0.4, -0.2) is 0 Å². The molecule has 0 unspecified atom stereocenters. The lowest BCUT2D eigenvalue weighted by Crippen LogP contribution is -2.10. The van der Waals surface area contributed by atoms with Crippen LogP contribution in [-0.2, 0) is 0 Å². The van der Waals surface area contributed by atoms with Crippen LogP contribution in [0.2, 0.25) is 0 Å². The van der Waals surface area contributed by atoms with Crippen LogP contribution >= 0.6 is 0 Å². The summed E-state index contributed by atoms with van der Waals surface area (Å²) in [5.74, 6) is 0. The fourth-order valence-corrected chi connectivity index (χ4v) is 9.11. The smallest absolute Gasteiger partial charge is 0.0468 e. The van der Waals surface area contributed by atoms with Gasteiger partial charge in [-0.15, -0.1) is 0 Å². The predicted molar refractivity (Wildman–Crippen MR) is 261 cm³/mol. The highest BCUT2D eigenvalue weighted by Gasteiger charge is 2.22. The van der Waals surface area contributed by atoms with Crippen molar-refractivity contribution in [3.63, 3.8) is 0 Å². The topological polar surface area (TPSA) is 6.48 Å². The molecule has 0 saturated heterocycles. The third kappa shape index (κ3) is 6.65. The van der Waals surface area contributed by atoms with Gasteiger partial charge in [-0.2, -0.15) is 0 Å². The first-order valence-electron chi connectivity index (χ1n) is 21.0. The zero-order valence-corrected chi connectivity index (χ0v) is 33.9. The lowest BCUT2D eigenvalue weighted by Gasteiger charge is -2.28. The van der Waals surface area contributed by atoms with Gasteiger partial charge in [0.1, 0.15) is 0 Å². The molecule has 11 aromatic rings. The Labute approximate surface area is 356 Å². The van der Waals surface area contributed by atoms with Gasteiger partial charge in [-0.05, 0) is 157 Å². The van der Waals surface area contributed by atoms with Gasteiger partial charge in [-0.3, -0.25) is 0 Å². The normalized spacial score (nSPS) is 11.4. The molecule has 288 valence electrons. The Balaban J connectivity index is 1.26. The van der Waals surface area contributed by atoms with E-state index in [0.29, 0.717) is 0 Å². The first-order chi connectivity index (χ1) is 30.2. The second-order valence-electron chi connectivity index (χ2n) is 15.8. The second-order valence-corrected chi connectivity index (χ2v) is 15.8. The SMILES string of the molecule is Cc1ccc(N(c2ccccc2)c2ccc3c(-c4ccc5ccccc5c4)c4cc(N(c5ccccc5)c5ccccc5)ccc4c(-c4ccc5ccccc5c4)c3c2)cc1. The van der Waals surface area contributed by atoms with Gasteiger partial charge in [0.2, 0.25) is 0 Å². The first kappa shape index (κ1) is 36.2. The van der Waals surface area contributed by atoms with Crippen molar-refractivity contribution in [3.05, 3.63) is 242 Å². The van der Waals surface area contributed by atoms with Gasteiger partial charge in [-0.1, -0.05) is 157 Å². The highest BCUT2D eigenvalue weighted by Crippen LogP contribution is 2.49. The van der Waals surface area contributed by atoms with Crippen LogP contribution in [0.3, 0.4) is 0 Å². The summed E-state index contributed by atoms with van der Waals surface area (Å²) in [6.07, 6.45) is 0. The molecule has 0 aliphatic carbocycles. The summed E-state index contributed by atoms with van der Waals surface area (Å²) in [5.41, 5.74) is 12.7. The zero-order valence-electron chi connectivity index (χ0n) is 33.9. The molecule has 0 fully saturated rings. The number of benzene rings is 11. The summed E-state index contributed by atoms with van der Waals surface area (Å²) in [5, 5.41) is 9.70. The Morgan fingerprint density at radius 2 is 0.590 bits per heavy atom. The minimum absolute atomic E-state index is 1.10. The van der Waals surface area contributed by atoms with Crippen LogP contribution in [0.5, 0.6) is 0 Å². The van der Waals surface area contributed by atoms with E-state index in [1.54, 1.807) is 0 Å². The van der Waals surface area contributed by atoms with E-state index in [4.69, 9.17) is 0 Å². The van der Waals surface area contributed by atoms with Gasteiger partial charge in [0.05, 0.1) is 0 Å². The number of aryl methyl sites for hydroxylation is 1. The van der Waals surface area contributed by atoms with Gasteiger partial charge < -0.3 is 9.80 Å². The van der Waals surface area contributed by atoms with Gasteiger partial charge in [0.25, 0.3) is 0 Å².